The highest BCUT2D eigenvalue weighted by atomic mass is 16.5. The quantitative estimate of drug-likeness (QED) is 0.564. The Balaban J connectivity index is 2.23. The van der Waals surface area contributed by atoms with Crippen molar-refractivity contribution in [2.75, 3.05) is 6.61 Å². The number of hydrogen-bond donors (Lipinski definition) is 3. The maximum Gasteiger partial charge on any atom is 0.407 e. The zero-order valence-electron chi connectivity index (χ0n) is 14.4. The highest BCUT2D eigenvalue weighted by Gasteiger charge is 2.21. The maximum absolute atomic E-state index is 11.7. The molecule has 1 rings (SSSR count). The Bertz CT molecular complexity index is 562. The number of primary amides is 1. The van der Waals surface area contributed by atoms with Gasteiger partial charge in [0.1, 0.15) is 6.04 Å². The second kappa shape index (κ2) is 11.1. The van der Waals surface area contributed by atoms with E-state index in [0.29, 0.717) is 12.3 Å². The van der Waals surface area contributed by atoms with Crippen molar-refractivity contribution in [2.24, 2.45) is 11.7 Å². The number of aryl methyl sites for hydroxylation is 1. The Labute approximate surface area is 147 Å². The summed E-state index contributed by atoms with van der Waals surface area (Å²) < 4.78 is 5.02. The van der Waals surface area contributed by atoms with Gasteiger partial charge in [-0.25, -0.2) is 9.59 Å². The van der Waals surface area contributed by atoms with Crippen LogP contribution < -0.4 is 11.1 Å². The minimum absolute atomic E-state index is 0.0623. The number of carbonyl (C=O) groups is 3. The third-order valence-electron chi connectivity index (χ3n) is 3.88. The maximum atomic E-state index is 11.7. The van der Waals surface area contributed by atoms with Gasteiger partial charge in [-0.05, 0) is 37.2 Å². The van der Waals surface area contributed by atoms with Crippen molar-refractivity contribution in [3.05, 3.63) is 35.9 Å². The number of carbonyl (C=O) groups excluding carboxylic acids is 2. The molecule has 7 nitrogen and oxygen atoms in total. The fourth-order valence-electron chi connectivity index (χ4n) is 2.28. The van der Waals surface area contributed by atoms with Crippen molar-refractivity contribution in [1.29, 1.82) is 0 Å². The van der Waals surface area contributed by atoms with E-state index in [1.165, 1.54) is 5.56 Å². The summed E-state index contributed by atoms with van der Waals surface area (Å²) in [6.07, 6.45) is 1.65. The van der Waals surface area contributed by atoms with Gasteiger partial charge in [0, 0.05) is 6.42 Å². The first-order chi connectivity index (χ1) is 11.9. The number of aliphatic carboxylic acids is 1. The first-order valence-electron chi connectivity index (χ1n) is 8.36. The number of ether oxygens (including phenoxy) is 1. The lowest BCUT2D eigenvalue weighted by molar-refractivity contribution is -0.139. The number of amides is 2. The van der Waals surface area contributed by atoms with Crippen LogP contribution in [0, 0.1) is 5.92 Å². The SMILES string of the molecule is CC(CCOC(=O)NC(CCC(N)=O)C(=O)O)CCc1ccccc1. The number of nitrogens with one attached hydrogen (secondary N) is 1. The molecule has 138 valence electrons. The number of carboxylic acids is 1. The monoisotopic (exact) mass is 350 g/mol. The van der Waals surface area contributed by atoms with Crippen molar-refractivity contribution in [3.8, 4) is 0 Å². The third-order valence-corrected chi connectivity index (χ3v) is 3.88. The summed E-state index contributed by atoms with van der Waals surface area (Å²) in [6, 6.07) is 8.96. The van der Waals surface area contributed by atoms with Crippen molar-refractivity contribution in [3.63, 3.8) is 0 Å². The molecule has 0 heterocycles. The standard InChI is InChI=1S/C18H26N2O5/c1-13(7-8-14-5-3-2-4-6-14)11-12-25-18(24)20-15(17(22)23)9-10-16(19)21/h2-6,13,15H,7-12H2,1H3,(H2,19,21)(H,20,24)(H,22,23). The molecule has 7 heteroatoms. The fourth-order valence-corrected chi connectivity index (χ4v) is 2.28. The van der Waals surface area contributed by atoms with Gasteiger partial charge < -0.3 is 20.9 Å². The summed E-state index contributed by atoms with van der Waals surface area (Å²) >= 11 is 0. The molecule has 2 atom stereocenters. The van der Waals surface area contributed by atoms with Crippen LogP contribution >= 0.6 is 0 Å². The predicted molar refractivity (Wildman–Crippen MR) is 92.9 cm³/mol. The Morgan fingerprint density at radius 2 is 1.84 bits per heavy atom. The highest BCUT2D eigenvalue weighted by molar-refractivity contribution is 5.81. The van der Waals surface area contributed by atoms with Gasteiger partial charge in [0.05, 0.1) is 6.61 Å². The average molecular weight is 350 g/mol. The van der Waals surface area contributed by atoms with E-state index < -0.39 is 24.0 Å². The van der Waals surface area contributed by atoms with Gasteiger partial charge in [-0.1, -0.05) is 37.3 Å². The minimum atomic E-state index is -1.23. The van der Waals surface area contributed by atoms with E-state index in [2.05, 4.69) is 24.4 Å². The van der Waals surface area contributed by atoms with Crippen LogP contribution in [0.5, 0.6) is 0 Å². The normalized spacial score (nSPS) is 12.8. The molecule has 0 spiro atoms. The topological polar surface area (TPSA) is 119 Å². The van der Waals surface area contributed by atoms with Gasteiger partial charge >= 0.3 is 12.1 Å². The Morgan fingerprint density at radius 3 is 2.44 bits per heavy atom. The van der Waals surface area contributed by atoms with Crippen LogP contribution in [-0.4, -0.2) is 35.7 Å². The average Bonchev–Trinajstić information content (AvgIpc) is 2.57. The third kappa shape index (κ3) is 9.34. The second-order valence-electron chi connectivity index (χ2n) is 6.09. The summed E-state index contributed by atoms with van der Waals surface area (Å²) in [7, 11) is 0. The molecule has 25 heavy (non-hydrogen) atoms. The van der Waals surface area contributed by atoms with Gasteiger partial charge in [-0.2, -0.15) is 0 Å². The fraction of sp³-hybridized carbons (Fsp3) is 0.500. The molecule has 0 bridgehead atoms. The zero-order valence-corrected chi connectivity index (χ0v) is 14.4. The predicted octanol–water partition coefficient (Wildman–Crippen LogP) is 2.09. The van der Waals surface area contributed by atoms with E-state index in [0.717, 1.165) is 12.8 Å². The molecule has 1 aromatic rings. The molecule has 2 amide bonds. The molecule has 0 saturated heterocycles. The van der Waals surface area contributed by atoms with Crippen molar-refractivity contribution in [1.82, 2.24) is 5.32 Å². The number of nitrogens with two attached hydrogens (primary N) is 1. The van der Waals surface area contributed by atoms with Crippen LogP contribution in [-0.2, 0) is 20.7 Å². The molecule has 0 saturated carbocycles. The van der Waals surface area contributed by atoms with E-state index in [1.54, 1.807) is 0 Å². The van der Waals surface area contributed by atoms with Crippen molar-refractivity contribution in [2.45, 2.75) is 45.1 Å². The summed E-state index contributed by atoms with van der Waals surface area (Å²) in [6.45, 7) is 2.29. The lowest BCUT2D eigenvalue weighted by atomic mass is 9.99. The lowest BCUT2D eigenvalue weighted by Gasteiger charge is -2.15. The summed E-state index contributed by atoms with van der Waals surface area (Å²) in [4.78, 5) is 33.4. The highest BCUT2D eigenvalue weighted by Crippen LogP contribution is 2.12. The summed E-state index contributed by atoms with van der Waals surface area (Å²) in [5, 5.41) is 11.2. The molecule has 0 aliphatic carbocycles. The number of rotatable bonds is 11. The van der Waals surface area contributed by atoms with Crippen LogP contribution in [0.3, 0.4) is 0 Å². The van der Waals surface area contributed by atoms with Crippen LogP contribution in [0.2, 0.25) is 0 Å². The number of benzene rings is 1. The Hall–Kier alpha value is -2.57. The molecule has 0 aliphatic rings. The number of hydrogen-bond acceptors (Lipinski definition) is 4. The van der Waals surface area contributed by atoms with Crippen LogP contribution in [0.4, 0.5) is 4.79 Å². The first-order valence-corrected chi connectivity index (χ1v) is 8.36. The summed E-state index contributed by atoms with van der Waals surface area (Å²) in [5.74, 6) is -1.47. The lowest BCUT2D eigenvalue weighted by Crippen LogP contribution is -2.41. The first kappa shape index (κ1) is 20.5. The largest absolute Gasteiger partial charge is 0.480 e. The van der Waals surface area contributed by atoms with E-state index >= 15 is 0 Å². The van der Waals surface area contributed by atoms with Gasteiger partial charge in [-0.15, -0.1) is 0 Å². The molecule has 2 unspecified atom stereocenters. The van der Waals surface area contributed by atoms with Crippen LogP contribution in [0.25, 0.3) is 0 Å². The van der Waals surface area contributed by atoms with E-state index in [9.17, 15) is 14.4 Å². The van der Waals surface area contributed by atoms with Gasteiger partial charge in [0.15, 0.2) is 0 Å². The van der Waals surface area contributed by atoms with Crippen molar-refractivity contribution < 1.29 is 24.2 Å². The zero-order chi connectivity index (χ0) is 18.7. The van der Waals surface area contributed by atoms with Gasteiger partial charge in [-0.3, -0.25) is 4.79 Å². The molecule has 0 aromatic heterocycles. The van der Waals surface area contributed by atoms with Crippen LogP contribution in [0.15, 0.2) is 30.3 Å². The molecule has 0 radical (unpaired) electrons. The molecular weight excluding hydrogens is 324 g/mol. The number of alkyl carbamates (subject to hydrolysis) is 1. The number of carboxylic acid groups (broad SMARTS) is 1. The Morgan fingerprint density at radius 1 is 1.16 bits per heavy atom. The molecular formula is C18H26N2O5. The van der Waals surface area contributed by atoms with E-state index in [4.69, 9.17) is 15.6 Å². The van der Waals surface area contributed by atoms with Crippen molar-refractivity contribution >= 4 is 18.0 Å². The van der Waals surface area contributed by atoms with Gasteiger partial charge in [0.25, 0.3) is 0 Å². The summed E-state index contributed by atoms with van der Waals surface area (Å²) in [5.41, 5.74) is 6.25. The molecule has 4 N–H and O–H groups in total. The minimum Gasteiger partial charge on any atom is -0.480 e. The van der Waals surface area contributed by atoms with E-state index in [-0.39, 0.29) is 19.4 Å². The molecule has 0 aliphatic heterocycles. The molecule has 1 aromatic carbocycles. The smallest absolute Gasteiger partial charge is 0.407 e. The molecule has 0 fully saturated rings. The van der Waals surface area contributed by atoms with E-state index in [1.807, 2.05) is 18.2 Å². The Kier molecular flexibility index (Phi) is 9.06. The second-order valence-corrected chi connectivity index (χ2v) is 6.09. The van der Waals surface area contributed by atoms with Crippen LogP contribution in [0.1, 0.15) is 38.2 Å². The van der Waals surface area contributed by atoms with Gasteiger partial charge in [0.2, 0.25) is 5.91 Å².